The Kier molecular flexibility index (Phi) is 4.04. The molecule has 1 amide bonds. The summed E-state index contributed by atoms with van der Waals surface area (Å²) in [5, 5.41) is 2.79. The second-order valence-electron chi connectivity index (χ2n) is 4.56. The van der Waals surface area contributed by atoms with Gasteiger partial charge in [-0.1, -0.05) is 0 Å². The molecule has 1 aliphatic heterocycles. The van der Waals surface area contributed by atoms with E-state index in [0.29, 0.717) is 30.4 Å². The maximum Gasteiger partial charge on any atom is 0.224 e. The van der Waals surface area contributed by atoms with Crippen LogP contribution in [0.25, 0.3) is 0 Å². The number of amides is 1. The van der Waals surface area contributed by atoms with Crippen LogP contribution in [-0.2, 0) is 9.59 Å². The van der Waals surface area contributed by atoms with Crippen molar-refractivity contribution in [2.75, 3.05) is 18.5 Å². The van der Waals surface area contributed by atoms with E-state index in [1.54, 1.807) is 6.07 Å². The van der Waals surface area contributed by atoms with Crippen LogP contribution in [0, 0.1) is 6.92 Å². The SMILES string of the molecule is CC(=O)CCC(=O)Nc1cc2c(cc1C)OCCO2. The number of carbonyl (C=O) groups is 2. The highest BCUT2D eigenvalue weighted by atomic mass is 16.6. The van der Waals surface area contributed by atoms with Crippen LogP contribution in [-0.4, -0.2) is 24.9 Å². The monoisotopic (exact) mass is 263 g/mol. The number of ketones is 1. The number of benzene rings is 1. The number of nitrogens with one attached hydrogen (secondary N) is 1. The third-order valence-electron chi connectivity index (χ3n) is 2.87. The Morgan fingerprint density at radius 1 is 1.16 bits per heavy atom. The zero-order valence-corrected chi connectivity index (χ0v) is 11.1. The predicted octanol–water partition coefficient (Wildman–Crippen LogP) is 2.07. The zero-order valence-electron chi connectivity index (χ0n) is 11.1. The highest BCUT2D eigenvalue weighted by molar-refractivity contribution is 5.94. The third kappa shape index (κ3) is 3.47. The van der Waals surface area contributed by atoms with Gasteiger partial charge in [0.15, 0.2) is 11.5 Å². The topological polar surface area (TPSA) is 64.6 Å². The fourth-order valence-electron chi connectivity index (χ4n) is 1.83. The molecule has 1 heterocycles. The van der Waals surface area contributed by atoms with Gasteiger partial charge in [0.25, 0.3) is 0 Å². The molecule has 1 aromatic carbocycles. The highest BCUT2D eigenvalue weighted by Crippen LogP contribution is 2.35. The van der Waals surface area contributed by atoms with Crippen LogP contribution in [0.2, 0.25) is 0 Å². The summed E-state index contributed by atoms with van der Waals surface area (Å²) >= 11 is 0. The Bertz CT molecular complexity index is 510. The summed E-state index contributed by atoms with van der Waals surface area (Å²) in [5.74, 6) is 1.17. The molecule has 5 nitrogen and oxygen atoms in total. The van der Waals surface area contributed by atoms with E-state index >= 15 is 0 Å². The molecule has 0 spiro atoms. The Morgan fingerprint density at radius 3 is 2.42 bits per heavy atom. The summed E-state index contributed by atoms with van der Waals surface area (Å²) in [6.45, 7) is 4.41. The molecule has 0 saturated carbocycles. The lowest BCUT2D eigenvalue weighted by Gasteiger charge is -2.20. The van der Waals surface area contributed by atoms with Crippen molar-refractivity contribution in [3.05, 3.63) is 17.7 Å². The van der Waals surface area contributed by atoms with E-state index in [1.807, 2.05) is 13.0 Å². The summed E-state index contributed by atoms with van der Waals surface area (Å²) in [7, 11) is 0. The van der Waals surface area contributed by atoms with Gasteiger partial charge < -0.3 is 19.6 Å². The lowest BCUT2D eigenvalue weighted by molar-refractivity contribution is -0.121. The summed E-state index contributed by atoms with van der Waals surface area (Å²) < 4.78 is 10.9. The van der Waals surface area contributed by atoms with Crippen molar-refractivity contribution in [3.8, 4) is 11.5 Å². The minimum atomic E-state index is -0.171. The molecular formula is C14H17NO4. The fourth-order valence-corrected chi connectivity index (χ4v) is 1.83. The number of hydrogen-bond acceptors (Lipinski definition) is 4. The van der Waals surface area contributed by atoms with Crippen molar-refractivity contribution in [2.45, 2.75) is 26.7 Å². The van der Waals surface area contributed by atoms with Crippen LogP contribution in [0.4, 0.5) is 5.69 Å². The van der Waals surface area contributed by atoms with Gasteiger partial charge in [-0.2, -0.15) is 0 Å². The van der Waals surface area contributed by atoms with Crippen LogP contribution in [0.15, 0.2) is 12.1 Å². The van der Waals surface area contributed by atoms with Crippen LogP contribution >= 0.6 is 0 Å². The molecule has 1 aromatic rings. The largest absolute Gasteiger partial charge is 0.486 e. The molecule has 0 aromatic heterocycles. The molecule has 102 valence electrons. The smallest absolute Gasteiger partial charge is 0.224 e. The Morgan fingerprint density at radius 2 is 1.79 bits per heavy atom. The number of Topliss-reactive ketones (excluding diaryl/α,β-unsaturated/α-hetero) is 1. The molecule has 1 N–H and O–H groups in total. The average Bonchev–Trinajstić information content (AvgIpc) is 2.37. The molecule has 2 rings (SSSR count). The number of hydrogen-bond donors (Lipinski definition) is 1. The lowest BCUT2D eigenvalue weighted by atomic mass is 10.1. The van der Waals surface area contributed by atoms with Gasteiger partial charge >= 0.3 is 0 Å². The fraction of sp³-hybridized carbons (Fsp3) is 0.429. The summed E-state index contributed by atoms with van der Waals surface area (Å²) in [6, 6.07) is 3.60. The molecule has 0 radical (unpaired) electrons. The molecule has 0 fully saturated rings. The number of fused-ring (bicyclic) bond motifs is 1. The molecule has 5 heteroatoms. The molecule has 0 saturated heterocycles. The predicted molar refractivity (Wildman–Crippen MR) is 70.7 cm³/mol. The lowest BCUT2D eigenvalue weighted by Crippen LogP contribution is -2.17. The standard InChI is InChI=1S/C14H17NO4/c1-9-7-12-13(19-6-5-18-12)8-11(9)15-14(17)4-3-10(2)16/h7-8H,3-6H2,1-2H3,(H,15,17). The highest BCUT2D eigenvalue weighted by Gasteiger charge is 2.15. The first kappa shape index (κ1) is 13.4. The molecule has 1 aliphatic rings. The van der Waals surface area contributed by atoms with Crippen molar-refractivity contribution in [2.24, 2.45) is 0 Å². The van der Waals surface area contributed by atoms with Gasteiger partial charge in [-0.05, 0) is 25.5 Å². The van der Waals surface area contributed by atoms with Crippen molar-refractivity contribution in [3.63, 3.8) is 0 Å². The van der Waals surface area contributed by atoms with Gasteiger partial charge in [0.05, 0.1) is 0 Å². The van der Waals surface area contributed by atoms with Gasteiger partial charge in [-0.3, -0.25) is 4.79 Å². The number of ether oxygens (including phenoxy) is 2. The van der Waals surface area contributed by atoms with E-state index in [4.69, 9.17) is 9.47 Å². The van der Waals surface area contributed by atoms with Crippen molar-refractivity contribution < 1.29 is 19.1 Å². The first-order valence-electron chi connectivity index (χ1n) is 6.26. The maximum atomic E-state index is 11.7. The Labute approximate surface area is 111 Å². The molecule has 0 unspecified atom stereocenters. The molecule has 0 bridgehead atoms. The second-order valence-corrected chi connectivity index (χ2v) is 4.56. The average molecular weight is 263 g/mol. The third-order valence-corrected chi connectivity index (χ3v) is 2.87. The second kappa shape index (κ2) is 5.73. The van der Waals surface area contributed by atoms with Crippen LogP contribution < -0.4 is 14.8 Å². The van der Waals surface area contributed by atoms with Crippen molar-refractivity contribution >= 4 is 17.4 Å². The van der Waals surface area contributed by atoms with Gasteiger partial charge in [0.1, 0.15) is 19.0 Å². The zero-order chi connectivity index (χ0) is 13.8. The van der Waals surface area contributed by atoms with E-state index in [9.17, 15) is 9.59 Å². The van der Waals surface area contributed by atoms with Gasteiger partial charge in [-0.15, -0.1) is 0 Å². The number of carbonyl (C=O) groups excluding carboxylic acids is 2. The van der Waals surface area contributed by atoms with E-state index in [2.05, 4.69) is 5.32 Å². The first-order valence-corrected chi connectivity index (χ1v) is 6.26. The Hall–Kier alpha value is -2.04. The van der Waals surface area contributed by atoms with E-state index in [1.165, 1.54) is 6.92 Å². The minimum Gasteiger partial charge on any atom is -0.486 e. The molecule has 0 atom stereocenters. The molecular weight excluding hydrogens is 246 g/mol. The van der Waals surface area contributed by atoms with Crippen molar-refractivity contribution in [1.82, 2.24) is 0 Å². The first-order chi connectivity index (χ1) is 9.06. The van der Waals surface area contributed by atoms with Crippen LogP contribution in [0.3, 0.4) is 0 Å². The van der Waals surface area contributed by atoms with Gasteiger partial charge in [0, 0.05) is 24.6 Å². The van der Waals surface area contributed by atoms with Gasteiger partial charge in [0.2, 0.25) is 5.91 Å². The van der Waals surface area contributed by atoms with E-state index in [-0.39, 0.29) is 24.5 Å². The summed E-state index contributed by atoms with van der Waals surface area (Å²) in [5.41, 5.74) is 1.60. The number of rotatable bonds is 4. The van der Waals surface area contributed by atoms with Crippen LogP contribution in [0.1, 0.15) is 25.3 Å². The molecule has 0 aliphatic carbocycles. The van der Waals surface area contributed by atoms with E-state index < -0.39 is 0 Å². The van der Waals surface area contributed by atoms with Crippen molar-refractivity contribution in [1.29, 1.82) is 0 Å². The van der Waals surface area contributed by atoms with E-state index in [0.717, 1.165) is 5.56 Å². The minimum absolute atomic E-state index is 0.00838. The summed E-state index contributed by atoms with van der Waals surface area (Å²) in [6.07, 6.45) is 0.457. The number of aryl methyl sites for hydroxylation is 1. The molecule has 19 heavy (non-hydrogen) atoms. The summed E-state index contributed by atoms with van der Waals surface area (Å²) in [4.78, 5) is 22.5. The van der Waals surface area contributed by atoms with Crippen LogP contribution in [0.5, 0.6) is 11.5 Å². The quantitative estimate of drug-likeness (QED) is 0.903. The number of anilines is 1. The normalized spacial score (nSPS) is 12.9. The van der Waals surface area contributed by atoms with Gasteiger partial charge in [-0.25, -0.2) is 0 Å². The maximum absolute atomic E-state index is 11.7. The Balaban J connectivity index is 2.07.